The molecule has 0 atom stereocenters. The monoisotopic (exact) mass is 454 g/mol. The van der Waals surface area contributed by atoms with Crippen LogP contribution in [0.4, 0.5) is 0 Å². The summed E-state index contributed by atoms with van der Waals surface area (Å²) in [5.41, 5.74) is 0. The van der Waals surface area contributed by atoms with Crippen molar-refractivity contribution in [1.29, 1.82) is 0 Å². The Bertz CT molecular complexity index is 171. The average molecular weight is 450 g/mol. The van der Waals surface area contributed by atoms with E-state index in [0.717, 1.165) is 0 Å². The minimum absolute atomic E-state index is 0. The van der Waals surface area contributed by atoms with Gasteiger partial charge in [0.1, 0.15) is 0 Å². The van der Waals surface area contributed by atoms with Crippen LogP contribution in [0.15, 0.2) is 0 Å². The molecule has 0 aromatic rings. The predicted molar refractivity (Wildman–Crippen MR) is 83.9 cm³/mol. The minimum atomic E-state index is 0. The molecule has 22 heavy (non-hydrogen) atoms. The zero-order chi connectivity index (χ0) is 13.9. The Labute approximate surface area is 168 Å². The molecule has 0 heterocycles. The van der Waals surface area contributed by atoms with Gasteiger partial charge in [-0.2, -0.15) is 0 Å². The second-order valence-electron chi connectivity index (χ2n) is 4.27. The van der Waals surface area contributed by atoms with Gasteiger partial charge in [0.05, 0.1) is 0 Å². The fraction of sp³-hybridized carbons (Fsp3) is 0. The molecule has 110 valence electrons. The Hall–Kier alpha value is 1.38. The van der Waals surface area contributed by atoms with Gasteiger partial charge in [-0.15, -0.1) is 0 Å². The fourth-order valence-electron chi connectivity index (χ4n) is 1.77. The van der Waals surface area contributed by atoms with Crippen molar-refractivity contribution in [3.63, 3.8) is 0 Å². The molecule has 0 amide bonds. The van der Waals surface area contributed by atoms with E-state index < -0.39 is 0 Å². The Morgan fingerprint density at radius 3 is 0.636 bits per heavy atom. The quantitative estimate of drug-likeness (QED) is 0.533. The van der Waals surface area contributed by atoms with Crippen LogP contribution >= 0.6 is 0 Å². The third kappa shape index (κ3) is 10.3. The van der Waals surface area contributed by atoms with E-state index in [4.69, 9.17) is 0 Å². The van der Waals surface area contributed by atoms with Crippen LogP contribution in [-0.2, 0) is 42.1 Å². The van der Waals surface area contributed by atoms with Crippen molar-refractivity contribution in [2.75, 3.05) is 0 Å². The van der Waals surface area contributed by atoms with E-state index in [1.54, 1.807) is 0 Å². The van der Waals surface area contributed by atoms with E-state index in [-0.39, 0.29) is 42.1 Å². The Morgan fingerprint density at radius 1 is 0.273 bits per heavy atom. The van der Waals surface area contributed by atoms with Crippen LogP contribution in [0.5, 0.6) is 0 Å². The summed E-state index contributed by atoms with van der Waals surface area (Å²) < 4.78 is 0. The molecule has 0 spiro atoms. The molecule has 0 N–H and O–H groups in total. The zero-order valence-corrected chi connectivity index (χ0v) is 16.2. The van der Waals surface area contributed by atoms with Gasteiger partial charge >= 0.3 is 0 Å². The second kappa shape index (κ2) is 15.9. The molecule has 2 heteroatoms. The van der Waals surface area contributed by atoms with Gasteiger partial charge in [-0.25, -0.2) is 0 Å². The van der Waals surface area contributed by atoms with Crippen molar-refractivity contribution in [2.24, 2.45) is 0 Å². The minimum Gasteiger partial charge on any atom is -0.0312 e. The summed E-state index contributed by atoms with van der Waals surface area (Å²) in [5, 5.41) is 0. The Morgan fingerprint density at radius 2 is 0.455 bits per heavy atom. The van der Waals surface area contributed by atoms with E-state index in [2.05, 4.69) is 51.4 Å². The summed E-state index contributed by atoms with van der Waals surface area (Å²) in [4.78, 5) is 0. The maximum absolute atomic E-state index is 2.12. The first kappa shape index (κ1) is 23.4. The van der Waals surface area contributed by atoms with Gasteiger partial charge in [0.15, 0.2) is 0 Å². The molecule has 4 saturated carbocycles. The predicted octanol–water partition coefficient (Wildman–Crippen LogP) is 3.83. The van der Waals surface area contributed by atoms with E-state index in [0.29, 0.717) is 0 Å². The third-order valence-electron chi connectivity index (χ3n) is 2.77. The van der Waals surface area contributed by atoms with Crippen LogP contribution in [0.25, 0.3) is 0 Å². The third-order valence-corrected chi connectivity index (χ3v) is 2.77. The zero-order valence-electron chi connectivity index (χ0n) is 12.2. The molecule has 0 aliphatic heterocycles. The van der Waals surface area contributed by atoms with E-state index >= 15 is 0 Å². The SMILES string of the molecule is [CH]1[CH][CH][CH][CH]1.[CH]1[CH][CH][CH][CH]1.[CH]1[CH][CH][C]([C]2[CH][CH][CH][CH]2)[CH]1.[Mo].[Mo]. The molecule has 4 rings (SSSR count). The first-order valence-corrected chi connectivity index (χ1v) is 6.74. The second-order valence-corrected chi connectivity index (χ2v) is 4.27. The van der Waals surface area contributed by atoms with Crippen LogP contribution in [0.2, 0.25) is 0 Å². The Kier molecular flexibility index (Phi) is 16.9. The number of rotatable bonds is 1. The first-order chi connectivity index (χ1) is 9.97. The Balaban J connectivity index is 0.000000316. The van der Waals surface area contributed by atoms with Crippen LogP contribution in [-0.4, -0.2) is 0 Å². The fourth-order valence-corrected chi connectivity index (χ4v) is 1.77. The smallest absolute Gasteiger partial charge is 0 e. The van der Waals surface area contributed by atoms with E-state index in [9.17, 15) is 0 Å². The van der Waals surface area contributed by atoms with Crippen molar-refractivity contribution < 1.29 is 42.1 Å². The normalized spacial score (nSPS) is 24.5. The topological polar surface area (TPSA) is 0 Å². The maximum atomic E-state index is 2.12. The summed E-state index contributed by atoms with van der Waals surface area (Å²) in [6.07, 6.45) is 36.7. The van der Waals surface area contributed by atoms with Gasteiger partial charge in [-0.1, -0.05) is 0 Å². The molecular formula is C20H18Mo2. The molecule has 0 aromatic heterocycles. The van der Waals surface area contributed by atoms with Crippen molar-refractivity contribution in [3.05, 3.63) is 127 Å². The molecule has 0 nitrogen and oxygen atoms in total. The molecule has 0 saturated heterocycles. The average Bonchev–Trinajstić information content (AvgIpc) is 3.35. The summed E-state index contributed by atoms with van der Waals surface area (Å²) in [7, 11) is 0. The number of hydrogen-bond donors (Lipinski definition) is 0. The van der Waals surface area contributed by atoms with Crippen LogP contribution in [0, 0.1) is 127 Å². The molecule has 0 aromatic carbocycles. The van der Waals surface area contributed by atoms with Crippen LogP contribution in [0.3, 0.4) is 0 Å². The molecule has 20 radical (unpaired) electrons. The van der Waals surface area contributed by atoms with E-state index in [1.807, 2.05) is 64.2 Å². The molecule has 4 fully saturated rings. The van der Waals surface area contributed by atoms with Crippen LogP contribution in [0.1, 0.15) is 0 Å². The maximum Gasteiger partial charge on any atom is 0 e. The summed E-state index contributed by atoms with van der Waals surface area (Å²) in [5.74, 6) is 2.62. The molecule has 4 aliphatic carbocycles. The largest absolute Gasteiger partial charge is 0.0312 e. The first-order valence-electron chi connectivity index (χ1n) is 6.74. The van der Waals surface area contributed by atoms with Gasteiger partial charge in [0.2, 0.25) is 0 Å². The van der Waals surface area contributed by atoms with Crippen molar-refractivity contribution >= 4 is 0 Å². The van der Waals surface area contributed by atoms with Crippen molar-refractivity contribution in [1.82, 2.24) is 0 Å². The van der Waals surface area contributed by atoms with Crippen LogP contribution < -0.4 is 0 Å². The van der Waals surface area contributed by atoms with Gasteiger partial charge < -0.3 is 0 Å². The van der Waals surface area contributed by atoms with Gasteiger partial charge in [0.25, 0.3) is 0 Å². The van der Waals surface area contributed by atoms with Gasteiger partial charge in [0, 0.05) is 42.1 Å². The molecule has 4 aliphatic rings. The van der Waals surface area contributed by atoms with Gasteiger partial charge in [-0.05, 0) is 127 Å². The number of hydrogen-bond acceptors (Lipinski definition) is 0. The van der Waals surface area contributed by atoms with Gasteiger partial charge in [-0.3, -0.25) is 0 Å². The summed E-state index contributed by atoms with van der Waals surface area (Å²) in [6.45, 7) is 0. The molecule has 0 unspecified atom stereocenters. The summed E-state index contributed by atoms with van der Waals surface area (Å²) in [6, 6.07) is 0. The molecule has 0 bridgehead atoms. The standard InChI is InChI=1S/C10H8.2C5H5.2Mo/c1-2-6-9(5-1)10-7-3-4-8-10;2*1-2-4-5-3-1;;/h1-8H;2*1-5H;;. The molecular weight excluding hydrogens is 432 g/mol. The van der Waals surface area contributed by atoms with Crippen molar-refractivity contribution in [2.45, 2.75) is 0 Å². The summed E-state index contributed by atoms with van der Waals surface area (Å²) >= 11 is 0. The van der Waals surface area contributed by atoms with E-state index in [1.165, 1.54) is 11.8 Å². The van der Waals surface area contributed by atoms with Crippen molar-refractivity contribution in [3.8, 4) is 0 Å².